The molecule has 4 heteroatoms. The van der Waals surface area contributed by atoms with Gasteiger partial charge in [0, 0.05) is 10.0 Å². The summed E-state index contributed by atoms with van der Waals surface area (Å²) >= 11 is 11.9. The van der Waals surface area contributed by atoms with Gasteiger partial charge in [-0.25, -0.2) is 0 Å². The molecule has 1 aromatic carbocycles. The first-order chi connectivity index (χ1) is 7.91. The molecule has 0 aliphatic carbocycles. The van der Waals surface area contributed by atoms with Gasteiger partial charge in [0.2, 0.25) is 0 Å². The molecule has 2 atom stereocenters. The number of aliphatic hydroxyl groups excluding tert-OH is 1. The quantitative estimate of drug-likeness (QED) is 0.859. The lowest BCUT2D eigenvalue weighted by Gasteiger charge is -2.21. The molecule has 0 amide bonds. The van der Waals surface area contributed by atoms with Gasteiger partial charge in [0.1, 0.15) is 0 Å². The maximum absolute atomic E-state index is 10.0. The normalized spacial score (nSPS) is 15.0. The molecule has 1 rings (SSSR count). The number of aliphatic hydroxyl groups is 1. The summed E-state index contributed by atoms with van der Waals surface area (Å²) < 4.78 is 0. The molecule has 0 bridgehead atoms. The van der Waals surface area contributed by atoms with Crippen LogP contribution in [-0.4, -0.2) is 11.2 Å². The van der Waals surface area contributed by atoms with Gasteiger partial charge in [-0.15, -0.1) is 0 Å². The number of halogens is 2. The van der Waals surface area contributed by atoms with E-state index in [9.17, 15) is 5.11 Å². The van der Waals surface area contributed by atoms with Crippen molar-refractivity contribution in [2.24, 2.45) is 11.7 Å². The van der Waals surface area contributed by atoms with Crippen LogP contribution in [0.5, 0.6) is 0 Å². The molecule has 0 saturated heterocycles. The molecule has 0 radical (unpaired) electrons. The summed E-state index contributed by atoms with van der Waals surface area (Å²) in [6.07, 6.45) is 1.02. The van der Waals surface area contributed by atoms with E-state index in [0.29, 0.717) is 27.9 Å². The number of rotatable bonds is 5. The average Bonchev–Trinajstić information content (AvgIpc) is 2.28. The van der Waals surface area contributed by atoms with Gasteiger partial charge in [-0.1, -0.05) is 37.0 Å². The highest BCUT2D eigenvalue weighted by Crippen LogP contribution is 2.28. The third-order valence-electron chi connectivity index (χ3n) is 2.77. The van der Waals surface area contributed by atoms with Crippen LogP contribution in [0.25, 0.3) is 0 Å². The fraction of sp³-hybridized carbons (Fsp3) is 0.538. The first-order valence-corrected chi connectivity index (χ1v) is 6.56. The number of benzene rings is 1. The molecule has 0 fully saturated rings. The van der Waals surface area contributed by atoms with Crippen molar-refractivity contribution in [3.05, 3.63) is 33.8 Å². The summed E-state index contributed by atoms with van der Waals surface area (Å²) in [5.74, 6) is 0.548. The summed E-state index contributed by atoms with van der Waals surface area (Å²) in [5.41, 5.74) is 6.71. The smallest absolute Gasteiger partial charge is 0.0733 e. The summed E-state index contributed by atoms with van der Waals surface area (Å²) in [4.78, 5) is 0. The number of hydrogen-bond acceptors (Lipinski definition) is 2. The zero-order valence-electron chi connectivity index (χ0n) is 10.2. The first kappa shape index (κ1) is 14.8. The number of nitrogens with two attached hydrogens (primary N) is 1. The highest BCUT2D eigenvalue weighted by Gasteiger charge is 2.19. The highest BCUT2D eigenvalue weighted by molar-refractivity contribution is 6.33. The van der Waals surface area contributed by atoms with E-state index in [4.69, 9.17) is 28.9 Å². The Morgan fingerprint density at radius 1 is 1.24 bits per heavy atom. The van der Waals surface area contributed by atoms with Crippen molar-refractivity contribution in [3.63, 3.8) is 0 Å². The lowest BCUT2D eigenvalue weighted by molar-refractivity contribution is 0.128. The summed E-state index contributed by atoms with van der Waals surface area (Å²) in [7, 11) is 0. The highest BCUT2D eigenvalue weighted by atomic mass is 35.5. The Bertz CT molecular complexity index is 368. The van der Waals surface area contributed by atoms with Gasteiger partial charge in [-0.3, -0.25) is 0 Å². The predicted octanol–water partition coefficient (Wildman–Crippen LogP) is 3.79. The standard InChI is InChI=1S/C13H19Cl2NO/c1-8(2)3-6-12(17)13(16)10-7-9(14)4-5-11(10)15/h4-5,7-8,12-13,17H,3,6,16H2,1-2H3/t12-,13+/m1/s1. The van der Waals surface area contributed by atoms with E-state index in [1.165, 1.54) is 0 Å². The van der Waals surface area contributed by atoms with Gasteiger partial charge < -0.3 is 10.8 Å². The Hall–Kier alpha value is -0.280. The van der Waals surface area contributed by atoms with Crippen molar-refractivity contribution < 1.29 is 5.11 Å². The molecule has 0 heterocycles. The minimum atomic E-state index is -0.589. The Balaban J connectivity index is 2.74. The van der Waals surface area contributed by atoms with Crippen LogP contribution in [-0.2, 0) is 0 Å². The van der Waals surface area contributed by atoms with E-state index in [-0.39, 0.29) is 0 Å². The van der Waals surface area contributed by atoms with Crippen LogP contribution in [0.1, 0.15) is 38.3 Å². The zero-order chi connectivity index (χ0) is 13.0. The van der Waals surface area contributed by atoms with Gasteiger partial charge >= 0.3 is 0 Å². The van der Waals surface area contributed by atoms with Crippen molar-refractivity contribution in [2.75, 3.05) is 0 Å². The van der Waals surface area contributed by atoms with Gasteiger partial charge in [-0.2, -0.15) is 0 Å². The lowest BCUT2D eigenvalue weighted by atomic mass is 9.96. The van der Waals surface area contributed by atoms with Gasteiger partial charge in [0.25, 0.3) is 0 Å². The van der Waals surface area contributed by atoms with Crippen LogP contribution >= 0.6 is 23.2 Å². The molecule has 0 spiro atoms. The van der Waals surface area contributed by atoms with Crippen LogP contribution in [0.2, 0.25) is 10.0 Å². The van der Waals surface area contributed by atoms with Crippen LogP contribution < -0.4 is 5.73 Å². The molecule has 1 aromatic rings. The molecular formula is C13H19Cl2NO. The van der Waals surface area contributed by atoms with Gasteiger partial charge in [-0.05, 0) is 42.5 Å². The van der Waals surface area contributed by atoms with E-state index >= 15 is 0 Å². The topological polar surface area (TPSA) is 46.2 Å². The number of hydrogen-bond donors (Lipinski definition) is 2. The maximum Gasteiger partial charge on any atom is 0.0733 e. The first-order valence-electron chi connectivity index (χ1n) is 5.80. The molecule has 0 saturated carbocycles. The predicted molar refractivity (Wildman–Crippen MR) is 73.5 cm³/mol. The lowest BCUT2D eigenvalue weighted by Crippen LogP contribution is -2.26. The minimum absolute atomic E-state index is 0.486. The molecule has 0 unspecified atom stereocenters. The third kappa shape index (κ3) is 4.47. The van der Waals surface area contributed by atoms with Crippen LogP contribution in [0, 0.1) is 5.92 Å². The van der Waals surface area contributed by atoms with E-state index in [1.54, 1.807) is 18.2 Å². The average molecular weight is 276 g/mol. The van der Waals surface area contributed by atoms with Gasteiger partial charge in [0.05, 0.1) is 12.1 Å². The van der Waals surface area contributed by atoms with Crippen molar-refractivity contribution in [1.82, 2.24) is 0 Å². The van der Waals surface area contributed by atoms with Crippen LogP contribution in [0.4, 0.5) is 0 Å². The Kier molecular flexibility index (Phi) is 5.74. The van der Waals surface area contributed by atoms with E-state index in [0.717, 1.165) is 6.42 Å². The Morgan fingerprint density at radius 3 is 2.47 bits per heavy atom. The molecule has 0 aliphatic heterocycles. The molecule has 0 aromatic heterocycles. The van der Waals surface area contributed by atoms with E-state index < -0.39 is 12.1 Å². The third-order valence-corrected chi connectivity index (χ3v) is 3.35. The molecule has 0 aliphatic rings. The molecule has 96 valence electrons. The van der Waals surface area contributed by atoms with Crippen LogP contribution in [0.15, 0.2) is 18.2 Å². The minimum Gasteiger partial charge on any atom is -0.391 e. The second-order valence-electron chi connectivity index (χ2n) is 4.73. The summed E-state index contributed by atoms with van der Waals surface area (Å²) in [6, 6.07) is 4.64. The largest absolute Gasteiger partial charge is 0.391 e. The van der Waals surface area contributed by atoms with Gasteiger partial charge in [0.15, 0.2) is 0 Å². The fourth-order valence-corrected chi connectivity index (χ4v) is 2.09. The fourth-order valence-electron chi connectivity index (χ4n) is 1.66. The van der Waals surface area contributed by atoms with Crippen molar-refractivity contribution in [3.8, 4) is 0 Å². The zero-order valence-corrected chi connectivity index (χ0v) is 11.7. The summed E-state index contributed by atoms with van der Waals surface area (Å²) in [6.45, 7) is 4.23. The second kappa shape index (κ2) is 6.60. The van der Waals surface area contributed by atoms with Crippen molar-refractivity contribution in [1.29, 1.82) is 0 Å². The van der Waals surface area contributed by atoms with Crippen molar-refractivity contribution in [2.45, 2.75) is 38.8 Å². The Morgan fingerprint density at radius 2 is 1.88 bits per heavy atom. The van der Waals surface area contributed by atoms with Crippen LogP contribution in [0.3, 0.4) is 0 Å². The monoisotopic (exact) mass is 275 g/mol. The molecule has 2 nitrogen and oxygen atoms in total. The van der Waals surface area contributed by atoms with Crippen molar-refractivity contribution >= 4 is 23.2 Å². The second-order valence-corrected chi connectivity index (χ2v) is 5.57. The van der Waals surface area contributed by atoms with E-state index in [2.05, 4.69) is 13.8 Å². The molecular weight excluding hydrogens is 257 g/mol. The summed E-state index contributed by atoms with van der Waals surface area (Å²) in [5, 5.41) is 11.1. The SMILES string of the molecule is CC(C)CC[C@@H](O)[C@@H](N)c1cc(Cl)ccc1Cl. The molecule has 17 heavy (non-hydrogen) atoms. The Labute approximate surface area is 113 Å². The molecule has 3 N–H and O–H groups in total. The maximum atomic E-state index is 10.0. The van der Waals surface area contributed by atoms with E-state index in [1.807, 2.05) is 0 Å².